The summed E-state index contributed by atoms with van der Waals surface area (Å²) in [6.45, 7) is 4.73. The molecule has 1 aliphatic carbocycles. The zero-order valence-electron chi connectivity index (χ0n) is 14.5. The van der Waals surface area contributed by atoms with Gasteiger partial charge in [-0.3, -0.25) is 9.78 Å². The first-order chi connectivity index (χ1) is 11.5. The maximum atomic E-state index is 12.9. The molecule has 0 spiro atoms. The SMILES string of the molecule is CC(C)(C(=O)NCC1(c2ccncc2)CCCCC1)c1cccs1. The lowest BCUT2D eigenvalue weighted by Crippen LogP contribution is -2.47. The smallest absolute Gasteiger partial charge is 0.230 e. The van der Waals surface area contributed by atoms with Crippen molar-refractivity contribution in [1.29, 1.82) is 0 Å². The van der Waals surface area contributed by atoms with Crippen LogP contribution in [0.3, 0.4) is 0 Å². The average molecular weight is 343 g/mol. The number of amides is 1. The zero-order valence-corrected chi connectivity index (χ0v) is 15.4. The molecule has 24 heavy (non-hydrogen) atoms. The number of rotatable bonds is 5. The summed E-state index contributed by atoms with van der Waals surface area (Å²) in [4.78, 5) is 18.1. The monoisotopic (exact) mass is 342 g/mol. The van der Waals surface area contributed by atoms with Gasteiger partial charge < -0.3 is 5.32 Å². The van der Waals surface area contributed by atoms with Gasteiger partial charge in [-0.2, -0.15) is 0 Å². The van der Waals surface area contributed by atoms with E-state index in [0.29, 0.717) is 6.54 Å². The normalized spacial score (nSPS) is 17.4. The number of pyridine rings is 1. The molecule has 0 atom stereocenters. The fourth-order valence-electron chi connectivity index (χ4n) is 3.72. The van der Waals surface area contributed by atoms with E-state index in [1.807, 2.05) is 43.8 Å². The van der Waals surface area contributed by atoms with Crippen molar-refractivity contribution in [3.63, 3.8) is 0 Å². The van der Waals surface area contributed by atoms with Crippen LogP contribution in [-0.2, 0) is 15.6 Å². The van der Waals surface area contributed by atoms with E-state index in [0.717, 1.165) is 17.7 Å². The first-order valence-corrected chi connectivity index (χ1v) is 9.65. The molecule has 0 unspecified atom stereocenters. The van der Waals surface area contributed by atoms with Crippen molar-refractivity contribution in [1.82, 2.24) is 10.3 Å². The molecule has 1 saturated carbocycles. The van der Waals surface area contributed by atoms with E-state index in [-0.39, 0.29) is 11.3 Å². The van der Waals surface area contributed by atoms with Gasteiger partial charge in [-0.05, 0) is 55.8 Å². The van der Waals surface area contributed by atoms with E-state index < -0.39 is 5.41 Å². The predicted molar refractivity (Wildman–Crippen MR) is 99.4 cm³/mol. The minimum atomic E-state index is -0.484. The van der Waals surface area contributed by atoms with Crippen LogP contribution < -0.4 is 5.32 Å². The number of hydrogen-bond donors (Lipinski definition) is 1. The Kier molecular flexibility index (Phi) is 5.04. The highest BCUT2D eigenvalue weighted by atomic mass is 32.1. The van der Waals surface area contributed by atoms with Gasteiger partial charge in [0.25, 0.3) is 0 Å². The Morgan fingerprint density at radius 1 is 1.21 bits per heavy atom. The fraction of sp³-hybridized carbons (Fsp3) is 0.500. The molecule has 2 aromatic rings. The van der Waals surface area contributed by atoms with E-state index >= 15 is 0 Å². The maximum absolute atomic E-state index is 12.9. The number of nitrogens with one attached hydrogen (secondary N) is 1. The van der Waals surface area contributed by atoms with Crippen LogP contribution in [0.25, 0.3) is 0 Å². The first kappa shape index (κ1) is 17.2. The van der Waals surface area contributed by atoms with Crippen LogP contribution in [0, 0.1) is 0 Å². The van der Waals surface area contributed by atoms with Gasteiger partial charge in [-0.1, -0.05) is 25.3 Å². The summed E-state index contributed by atoms with van der Waals surface area (Å²) in [5.41, 5.74) is 0.886. The third-order valence-electron chi connectivity index (χ3n) is 5.40. The van der Waals surface area contributed by atoms with E-state index in [1.54, 1.807) is 11.3 Å². The molecule has 0 aromatic carbocycles. The summed E-state index contributed by atoms with van der Waals surface area (Å²) >= 11 is 1.65. The molecule has 0 aliphatic heterocycles. The van der Waals surface area contributed by atoms with E-state index in [2.05, 4.69) is 22.4 Å². The van der Waals surface area contributed by atoms with Crippen LogP contribution in [0.5, 0.6) is 0 Å². The van der Waals surface area contributed by atoms with Crippen molar-refractivity contribution in [2.24, 2.45) is 0 Å². The number of thiophene rings is 1. The number of hydrogen-bond acceptors (Lipinski definition) is 3. The topological polar surface area (TPSA) is 42.0 Å². The van der Waals surface area contributed by atoms with Gasteiger partial charge in [0.2, 0.25) is 5.91 Å². The summed E-state index contributed by atoms with van der Waals surface area (Å²) in [5.74, 6) is 0.115. The molecule has 3 nitrogen and oxygen atoms in total. The molecule has 0 saturated heterocycles. The van der Waals surface area contributed by atoms with Crippen LogP contribution >= 0.6 is 11.3 Å². The zero-order chi connectivity index (χ0) is 17.0. The second kappa shape index (κ2) is 7.06. The van der Waals surface area contributed by atoms with Crippen LogP contribution in [0.15, 0.2) is 42.0 Å². The summed E-state index contributed by atoms with van der Waals surface area (Å²) in [6, 6.07) is 8.28. The van der Waals surface area contributed by atoms with Crippen molar-refractivity contribution in [2.75, 3.05) is 6.54 Å². The lowest BCUT2D eigenvalue weighted by Gasteiger charge is -2.38. The summed E-state index contributed by atoms with van der Waals surface area (Å²) in [7, 11) is 0. The maximum Gasteiger partial charge on any atom is 0.230 e. The van der Waals surface area contributed by atoms with Crippen molar-refractivity contribution in [3.05, 3.63) is 52.5 Å². The van der Waals surface area contributed by atoms with Gasteiger partial charge in [0.1, 0.15) is 0 Å². The largest absolute Gasteiger partial charge is 0.354 e. The molecular weight excluding hydrogens is 316 g/mol. The molecule has 4 heteroatoms. The minimum absolute atomic E-state index is 0.0579. The Balaban J connectivity index is 1.76. The molecule has 2 aromatic heterocycles. The van der Waals surface area contributed by atoms with Crippen molar-refractivity contribution < 1.29 is 4.79 Å². The number of aromatic nitrogens is 1. The standard InChI is InChI=1S/C20H26N2OS/c1-19(2,17-7-6-14-24-17)18(23)22-15-20(10-4-3-5-11-20)16-8-12-21-13-9-16/h6-9,12-14H,3-5,10-11,15H2,1-2H3,(H,22,23). The van der Waals surface area contributed by atoms with Crippen molar-refractivity contribution in [3.8, 4) is 0 Å². The van der Waals surface area contributed by atoms with Crippen LogP contribution in [0.1, 0.15) is 56.4 Å². The molecule has 3 rings (SSSR count). The predicted octanol–water partition coefficient (Wildman–Crippen LogP) is 4.44. The van der Waals surface area contributed by atoms with E-state index in [9.17, 15) is 4.79 Å². The first-order valence-electron chi connectivity index (χ1n) is 8.77. The third kappa shape index (κ3) is 3.39. The molecule has 1 aliphatic rings. The second-order valence-electron chi connectivity index (χ2n) is 7.36. The molecule has 1 amide bonds. The summed E-state index contributed by atoms with van der Waals surface area (Å²) in [6.07, 6.45) is 9.75. The summed E-state index contributed by atoms with van der Waals surface area (Å²) in [5, 5.41) is 5.30. The molecule has 2 heterocycles. The molecular formula is C20H26N2OS. The molecule has 1 fully saturated rings. The number of nitrogens with zero attached hydrogens (tertiary/aromatic N) is 1. The third-order valence-corrected chi connectivity index (χ3v) is 6.59. The van der Waals surface area contributed by atoms with Crippen molar-refractivity contribution in [2.45, 2.75) is 56.8 Å². The fourth-order valence-corrected chi connectivity index (χ4v) is 4.57. The van der Waals surface area contributed by atoms with Gasteiger partial charge in [-0.25, -0.2) is 0 Å². The second-order valence-corrected chi connectivity index (χ2v) is 8.31. The minimum Gasteiger partial charge on any atom is -0.354 e. The van der Waals surface area contributed by atoms with Crippen LogP contribution in [0.2, 0.25) is 0 Å². The Hall–Kier alpha value is -1.68. The van der Waals surface area contributed by atoms with E-state index in [1.165, 1.54) is 24.8 Å². The van der Waals surface area contributed by atoms with E-state index in [4.69, 9.17) is 0 Å². The lowest BCUT2D eigenvalue weighted by molar-refractivity contribution is -0.125. The van der Waals surface area contributed by atoms with Crippen LogP contribution in [0.4, 0.5) is 0 Å². The highest BCUT2D eigenvalue weighted by molar-refractivity contribution is 7.10. The molecule has 128 valence electrons. The quantitative estimate of drug-likeness (QED) is 0.873. The van der Waals surface area contributed by atoms with Gasteiger partial charge in [-0.15, -0.1) is 11.3 Å². The average Bonchev–Trinajstić information content (AvgIpc) is 3.17. The van der Waals surface area contributed by atoms with Gasteiger partial charge in [0, 0.05) is 29.2 Å². The van der Waals surface area contributed by atoms with Gasteiger partial charge >= 0.3 is 0 Å². The Bertz CT molecular complexity index is 658. The van der Waals surface area contributed by atoms with Gasteiger partial charge in [0.15, 0.2) is 0 Å². The highest BCUT2D eigenvalue weighted by Gasteiger charge is 2.37. The number of carbonyl (C=O) groups is 1. The molecule has 1 N–H and O–H groups in total. The van der Waals surface area contributed by atoms with Crippen molar-refractivity contribution >= 4 is 17.2 Å². The molecule has 0 radical (unpaired) electrons. The van der Waals surface area contributed by atoms with Crippen LogP contribution in [-0.4, -0.2) is 17.4 Å². The lowest BCUT2D eigenvalue weighted by atomic mass is 9.69. The summed E-state index contributed by atoms with van der Waals surface area (Å²) < 4.78 is 0. The Morgan fingerprint density at radius 3 is 2.54 bits per heavy atom. The molecule has 0 bridgehead atoms. The Labute approximate surface area is 148 Å². The highest BCUT2D eigenvalue weighted by Crippen LogP contribution is 2.39. The Morgan fingerprint density at radius 2 is 1.92 bits per heavy atom. The van der Waals surface area contributed by atoms with Gasteiger partial charge in [0.05, 0.1) is 5.41 Å². The number of carbonyl (C=O) groups excluding carboxylic acids is 1.